The maximum absolute atomic E-state index is 14.9. The van der Waals surface area contributed by atoms with Crippen LogP contribution in [0.3, 0.4) is 0 Å². The summed E-state index contributed by atoms with van der Waals surface area (Å²) < 4.78 is 55.7. The molecule has 0 amide bonds. The largest absolute Gasteiger partial charge is 0.416 e. The molecule has 0 atom stereocenters. The van der Waals surface area contributed by atoms with Gasteiger partial charge >= 0.3 is 6.18 Å². The normalized spacial score (nSPS) is 12.3. The number of hydrogen-bond donors (Lipinski definition) is 0. The van der Waals surface area contributed by atoms with Crippen LogP contribution in [0.4, 0.5) is 13.2 Å². The Morgan fingerprint density at radius 1 is 0.625 bits per heavy atom. The Morgan fingerprint density at radius 3 is 1.78 bits per heavy atom. The number of nitrogens with zero attached hydrogens (tertiary/aromatic N) is 1. The average Bonchev–Trinajstić information content (AvgIpc) is 2.83. The molecule has 1 heterocycles. The van der Waals surface area contributed by atoms with Crippen LogP contribution in [-0.2, 0) is 10.7 Å². The van der Waals surface area contributed by atoms with Crippen LogP contribution in [0.25, 0.3) is 21.7 Å². The lowest BCUT2D eigenvalue weighted by Gasteiger charge is -2.22. The highest BCUT2D eigenvalue weighted by molar-refractivity contribution is 7.85. The van der Waals surface area contributed by atoms with Crippen molar-refractivity contribution in [2.24, 2.45) is 0 Å². The minimum atomic E-state index is -4.53. The number of aromatic nitrogens is 1. The van der Waals surface area contributed by atoms with Crippen molar-refractivity contribution in [3.8, 4) is 0 Å². The lowest BCUT2D eigenvalue weighted by Crippen LogP contribution is -2.28. The number of alkyl halides is 3. The van der Waals surface area contributed by atoms with Gasteiger partial charge in [0.15, 0.2) is 7.14 Å². The summed E-state index contributed by atoms with van der Waals surface area (Å²) in [5, 5.41) is 2.59. The fraction of sp³-hybridized carbons (Fsp3) is 0.0385. The van der Waals surface area contributed by atoms with Crippen LogP contribution in [0.15, 0.2) is 103 Å². The summed E-state index contributed by atoms with van der Waals surface area (Å²) in [6.45, 7) is 0. The van der Waals surface area contributed by atoms with Crippen molar-refractivity contribution in [2.45, 2.75) is 6.18 Å². The van der Waals surface area contributed by atoms with Gasteiger partial charge < -0.3 is 4.57 Å². The van der Waals surface area contributed by atoms with Gasteiger partial charge in [-0.3, -0.25) is 0 Å². The average molecular weight is 447 g/mol. The van der Waals surface area contributed by atoms with Crippen LogP contribution in [0.2, 0.25) is 0 Å². The molecule has 5 aromatic rings. The van der Waals surface area contributed by atoms with Gasteiger partial charge in [-0.15, -0.1) is 0 Å². The molecule has 158 valence electrons. The molecule has 0 saturated heterocycles. The third-order valence-corrected chi connectivity index (χ3v) is 8.53. The Balaban J connectivity index is 1.97. The number of para-hydroxylation sites is 1. The highest BCUT2D eigenvalue weighted by Gasteiger charge is 2.35. The molecule has 0 spiro atoms. The topological polar surface area (TPSA) is 30.0 Å². The molecule has 6 heteroatoms. The molecule has 0 bridgehead atoms. The molecule has 0 unspecified atom stereocenters. The van der Waals surface area contributed by atoms with Crippen molar-refractivity contribution in [1.29, 1.82) is 0 Å². The molecule has 0 aliphatic heterocycles. The third-order valence-electron chi connectivity index (χ3n) is 5.55. The van der Waals surface area contributed by atoms with Crippen LogP contribution in [0, 0.1) is 0 Å². The molecule has 0 saturated carbocycles. The number of halogens is 3. The lowest BCUT2D eigenvalue weighted by molar-refractivity contribution is -0.137. The van der Waals surface area contributed by atoms with Gasteiger partial charge in [-0.25, -0.2) is 4.98 Å². The van der Waals surface area contributed by atoms with Crippen LogP contribution >= 0.6 is 7.14 Å². The standard InChI is InChI=1S/C26H17F3NOP/c27-26(28,29)18-15-16-21-22-13-7-8-14-24(22)30-25(23(21)17-18)32(31,19-9-3-1-4-10-19)20-11-5-2-6-12-20/h1-17H. The summed E-state index contributed by atoms with van der Waals surface area (Å²) >= 11 is 0. The van der Waals surface area contributed by atoms with Gasteiger partial charge in [0.05, 0.1) is 11.1 Å². The first-order chi connectivity index (χ1) is 15.4. The summed E-state index contributed by atoms with van der Waals surface area (Å²) in [5.74, 6) is 0. The molecule has 1 aromatic heterocycles. The number of pyridine rings is 1. The van der Waals surface area contributed by atoms with E-state index in [4.69, 9.17) is 4.98 Å². The molecule has 32 heavy (non-hydrogen) atoms. The zero-order valence-corrected chi connectivity index (χ0v) is 17.6. The first kappa shape index (κ1) is 20.5. The molecule has 0 fully saturated rings. The van der Waals surface area contributed by atoms with E-state index in [0.29, 0.717) is 26.9 Å². The van der Waals surface area contributed by atoms with Gasteiger partial charge in [-0.1, -0.05) is 84.9 Å². The lowest BCUT2D eigenvalue weighted by atomic mass is 10.0. The van der Waals surface area contributed by atoms with Crippen molar-refractivity contribution in [2.75, 3.05) is 0 Å². The van der Waals surface area contributed by atoms with Crippen molar-refractivity contribution < 1.29 is 17.7 Å². The SMILES string of the molecule is O=P(c1ccccc1)(c1ccccc1)c1nc2ccccc2c2ccc(C(F)(F)F)cc12. The van der Waals surface area contributed by atoms with Gasteiger partial charge in [0.1, 0.15) is 5.44 Å². The number of benzene rings is 4. The van der Waals surface area contributed by atoms with Crippen LogP contribution in [0.5, 0.6) is 0 Å². The predicted molar refractivity (Wildman–Crippen MR) is 124 cm³/mol. The quantitative estimate of drug-likeness (QED) is 0.249. The molecule has 0 aliphatic rings. The molecule has 2 nitrogen and oxygen atoms in total. The highest BCUT2D eigenvalue weighted by Crippen LogP contribution is 2.45. The number of rotatable bonds is 3. The van der Waals surface area contributed by atoms with Crippen LogP contribution < -0.4 is 16.0 Å². The summed E-state index contributed by atoms with van der Waals surface area (Å²) in [6.07, 6.45) is -4.53. The molecule has 0 radical (unpaired) electrons. The highest BCUT2D eigenvalue weighted by atomic mass is 31.2. The second-order valence-electron chi connectivity index (χ2n) is 7.49. The molecule has 5 rings (SSSR count). The van der Waals surface area contributed by atoms with Gasteiger partial charge in [0, 0.05) is 21.4 Å². The second-order valence-corrected chi connectivity index (χ2v) is 10.2. The Bertz CT molecular complexity index is 1440. The molecular formula is C26H17F3NOP. The van der Waals surface area contributed by atoms with E-state index in [2.05, 4.69) is 0 Å². The van der Waals surface area contributed by atoms with E-state index in [1.807, 2.05) is 30.3 Å². The van der Waals surface area contributed by atoms with E-state index >= 15 is 0 Å². The minimum Gasteiger partial charge on any atom is -0.307 e. The number of hydrogen-bond acceptors (Lipinski definition) is 2. The van der Waals surface area contributed by atoms with Crippen molar-refractivity contribution in [3.63, 3.8) is 0 Å². The fourth-order valence-electron chi connectivity index (χ4n) is 4.02. The Kier molecular flexibility index (Phi) is 4.87. The van der Waals surface area contributed by atoms with Crippen molar-refractivity contribution >= 4 is 44.9 Å². The van der Waals surface area contributed by atoms with Crippen molar-refractivity contribution in [1.82, 2.24) is 4.98 Å². The fourth-order valence-corrected chi connectivity index (χ4v) is 6.77. The first-order valence-corrected chi connectivity index (χ1v) is 11.7. The third kappa shape index (κ3) is 3.30. The van der Waals surface area contributed by atoms with Gasteiger partial charge in [-0.05, 0) is 23.6 Å². The Morgan fingerprint density at radius 2 is 1.19 bits per heavy atom. The zero-order valence-electron chi connectivity index (χ0n) is 16.8. The summed E-state index contributed by atoms with van der Waals surface area (Å²) in [7, 11) is -3.58. The van der Waals surface area contributed by atoms with Crippen molar-refractivity contribution in [3.05, 3.63) is 109 Å². The maximum Gasteiger partial charge on any atom is 0.416 e. The zero-order chi connectivity index (χ0) is 22.3. The number of fused-ring (bicyclic) bond motifs is 3. The minimum absolute atomic E-state index is 0.162. The van der Waals surface area contributed by atoms with Gasteiger partial charge in [-0.2, -0.15) is 13.2 Å². The van der Waals surface area contributed by atoms with Crippen LogP contribution in [0.1, 0.15) is 5.56 Å². The Labute approximate surface area is 182 Å². The van der Waals surface area contributed by atoms with E-state index in [9.17, 15) is 17.7 Å². The monoisotopic (exact) mass is 447 g/mol. The van der Waals surface area contributed by atoms with Gasteiger partial charge in [0.2, 0.25) is 0 Å². The van der Waals surface area contributed by atoms with E-state index in [1.54, 1.807) is 54.6 Å². The van der Waals surface area contributed by atoms with E-state index in [1.165, 1.54) is 6.07 Å². The van der Waals surface area contributed by atoms with Gasteiger partial charge in [0.25, 0.3) is 0 Å². The molecule has 0 aliphatic carbocycles. The molecular weight excluding hydrogens is 430 g/mol. The first-order valence-electron chi connectivity index (χ1n) is 10.0. The Hall–Kier alpha value is -3.43. The van der Waals surface area contributed by atoms with E-state index in [-0.39, 0.29) is 10.8 Å². The van der Waals surface area contributed by atoms with E-state index in [0.717, 1.165) is 12.1 Å². The summed E-state index contributed by atoms with van der Waals surface area (Å²) in [5.41, 5.74) is -0.0486. The summed E-state index contributed by atoms with van der Waals surface area (Å²) in [6, 6.07) is 28.5. The molecule has 4 aromatic carbocycles. The summed E-state index contributed by atoms with van der Waals surface area (Å²) in [4.78, 5) is 4.72. The van der Waals surface area contributed by atoms with E-state index < -0.39 is 18.9 Å². The molecule has 0 N–H and O–H groups in total. The van der Waals surface area contributed by atoms with Crippen LogP contribution in [-0.4, -0.2) is 4.98 Å². The second kappa shape index (κ2) is 7.61. The predicted octanol–water partition coefficient (Wildman–Crippen LogP) is 6.05. The smallest absolute Gasteiger partial charge is 0.307 e. The maximum atomic E-state index is 14.9.